The molecular formula is C16H15ClFNO2. The molecule has 0 heterocycles. The molecule has 0 aliphatic heterocycles. The molecule has 2 rings (SSSR count). The molecule has 0 atom stereocenters. The molecule has 0 radical (unpaired) electrons. The number of ether oxygens (including phenoxy) is 1. The molecule has 1 N–H and O–H groups in total. The summed E-state index contributed by atoms with van der Waals surface area (Å²) >= 11 is 5.69. The van der Waals surface area contributed by atoms with Gasteiger partial charge in [0.05, 0.1) is 18.6 Å². The summed E-state index contributed by atoms with van der Waals surface area (Å²) in [5.41, 5.74) is 1.65. The fraction of sp³-hybridized carbons (Fsp3) is 0.188. The lowest BCUT2D eigenvalue weighted by Gasteiger charge is -2.07. The predicted molar refractivity (Wildman–Crippen MR) is 80.0 cm³/mol. The molecule has 21 heavy (non-hydrogen) atoms. The third-order valence-corrected chi connectivity index (χ3v) is 3.29. The Morgan fingerprint density at radius 3 is 2.48 bits per heavy atom. The minimum absolute atomic E-state index is 0.0527. The molecule has 0 bridgehead atoms. The first kappa shape index (κ1) is 15.3. The first-order valence-electron chi connectivity index (χ1n) is 6.42. The van der Waals surface area contributed by atoms with E-state index in [2.05, 4.69) is 5.32 Å². The second-order valence-corrected chi connectivity index (χ2v) is 4.96. The van der Waals surface area contributed by atoms with Gasteiger partial charge in [0, 0.05) is 6.54 Å². The molecular weight excluding hydrogens is 293 g/mol. The van der Waals surface area contributed by atoms with Crippen molar-refractivity contribution in [1.82, 2.24) is 5.32 Å². The molecule has 1 amide bonds. The lowest BCUT2D eigenvalue weighted by Crippen LogP contribution is -2.24. The standard InChI is InChI=1S/C16H15ClFNO2/c1-21-13-5-2-11(3-6-13)9-16(20)19-10-12-4-7-15(18)14(17)8-12/h2-8H,9-10H2,1H3,(H,19,20). The summed E-state index contributed by atoms with van der Waals surface area (Å²) in [5, 5.41) is 2.82. The topological polar surface area (TPSA) is 38.3 Å². The average Bonchev–Trinajstić information content (AvgIpc) is 2.49. The molecule has 0 aliphatic carbocycles. The normalized spacial score (nSPS) is 10.2. The number of halogens is 2. The summed E-state index contributed by atoms with van der Waals surface area (Å²) < 4.78 is 18.1. The zero-order chi connectivity index (χ0) is 15.2. The lowest BCUT2D eigenvalue weighted by molar-refractivity contribution is -0.120. The molecule has 2 aromatic rings. The summed E-state index contributed by atoms with van der Waals surface area (Å²) in [6.07, 6.45) is 0.277. The van der Waals surface area contributed by atoms with Crippen molar-refractivity contribution in [3.63, 3.8) is 0 Å². The maximum absolute atomic E-state index is 13.0. The van der Waals surface area contributed by atoms with Gasteiger partial charge in [-0.05, 0) is 35.4 Å². The van der Waals surface area contributed by atoms with Crippen LogP contribution in [0.3, 0.4) is 0 Å². The number of carbonyl (C=O) groups is 1. The second-order valence-electron chi connectivity index (χ2n) is 4.55. The Morgan fingerprint density at radius 2 is 1.86 bits per heavy atom. The summed E-state index contributed by atoms with van der Waals surface area (Å²) in [5.74, 6) is 0.172. The van der Waals surface area contributed by atoms with Crippen molar-refractivity contribution in [1.29, 1.82) is 0 Å². The van der Waals surface area contributed by atoms with Crippen LogP contribution in [0, 0.1) is 5.82 Å². The maximum Gasteiger partial charge on any atom is 0.224 e. The van der Waals surface area contributed by atoms with E-state index in [1.54, 1.807) is 13.2 Å². The third-order valence-electron chi connectivity index (χ3n) is 3.00. The Morgan fingerprint density at radius 1 is 1.19 bits per heavy atom. The van der Waals surface area contributed by atoms with Gasteiger partial charge in [0.1, 0.15) is 11.6 Å². The monoisotopic (exact) mass is 307 g/mol. The van der Waals surface area contributed by atoms with Gasteiger partial charge in [-0.25, -0.2) is 4.39 Å². The number of methoxy groups -OCH3 is 1. The summed E-state index contributed by atoms with van der Waals surface area (Å²) in [6, 6.07) is 11.7. The lowest BCUT2D eigenvalue weighted by atomic mass is 10.1. The van der Waals surface area contributed by atoms with Gasteiger partial charge in [0.15, 0.2) is 0 Å². The van der Waals surface area contributed by atoms with Gasteiger partial charge in [-0.3, -0.25) is 4.79 Å². The van der Waals surface area contributed by atoms with Crippen LogP contribution in [0.4, 0.5) is 4.39 Å². The number of nitrogens with one attached hydrogen (secondary N) is 1. The summed E-state index contributed by atoms with van der Waals surface area (Å²) in [7, 11) is 1.59. The molecule has 0 saturated heterocycles. The van der Waals surface area contributed by atoms with Crippen LogP contribution in [0.25, 0.3) is 0 Å². The van der Waals surface area contributed by atoms with Gasteiger partial charge in [0.2, 0.25) is 5.91 Å². The molecule has 5 heteroatoms. The van der Waals surface area contributed by atoms with Crippen molar-refractivity contribution < 1.29 is 13.9 Å². The molecule has 0 fully saturated rings. The zero-order valence-corrected chi connectivity index (χ0v) is 12.3. The van der Waals surface area contributed by atoms with Gasteiger partial charge in [-0.15, -0.1) is 0 Å². The van der Waals surface area contributed by atoms with E-state index in [9.17, 15) is 9.18 Å². The highest BCUT2D eigenvalue weighted by atomic mass is 35.5. The number of hydrogen-bond acceptors (Lipinski definition) is 2. The smallest absolute Gasteiger partial charge is 0.224 e. The van der Waals surface area contributed by atoms with E-state index in [1.807, 2.05) is 24.3 Å². The van der Waals surface area contributed by atoms with Crippen LogP contribution in [-0.4, -0.2) is 13.0 Å². The van der Waals surface area contributed by atoms with Crippen LogP contribution in [0.1, 0.15) is 11.1 Å². The minimum atomic E-state index is -0.468. The van der Waals surface area contributed by atoms with Crippen molar-refractivity contribution >= 4 is 17.5 Å². The highest BCUT2D eigenvalue weighted by Gasteiger charge is 2.05. The number of hydrogen-bond donors (Lipinski definition) is 1. The SMILES string of the molecule is COc1ccc(CC(=O)NCc2ccc(F)c(Cl)c2)cc1. The molecule has 3 nitrogen and oxygen atoms in total. The Hall–Kier alpha value is -2.07. The Kier molecular flexibility index (Phi) is 5.17. The highest BCUT2D eigenvalue weighted by Crippen LogP contribution is 2.16. The van der Waals surface area contributed by atoms with Gasteiger partial charge in [-0.2, -0.15) is 0 Å². The fourth-order valence-corrected chi connectivity index (χ4v) is 2.04. The molecule has 0 saturated carbocycles. The van der Waals surface area contributed by atoms with E-state index in [0.29, 0.717) is 6.54 Å². The summed E-state index contributed by atoms with van der Waals surface area (Å²) in [4.78, 5) is 11.8. The van der Waals surface area contributed by atoms with E-state index in [0.717, 1.165) is 16.9 Å². The number of carbonyl (C=O) groups excluding carboxylic acids is 1. The molecule has 0 aromatic heterocycles. The minimum Gasteiger partial charge on any atom is -0.497 e. The van der Waals surface area contributed by atoms with E-state index in [-0.39, 0.29) is 17.4 Å². The third kappa shape index (κ3) is 4.46. The van der Waals surface area contributed by atoms with Gasteiger partial charge < -0.3 is 10.1 Å². The van der Waals surface area contributed by atoms with Crippen molar-refractivity contribution in [3.8, 4) is 5.75 Å². The molecule has 110 valence electrons. The van der Waals surface area contributed by atoms with Crippen LogP contribution in [0.5, 0.6) is 5.75 Å². The van der Waals surface area contributed by atoms with Crippen molar-refractivity contribution in [3.05, 3.63) is 64.4 Å². The predicted octanol–water partition coefficient (Wildman–Crippen LogP) is 3.35. The van der Waals surface area contributed by atoms with Crippen molar-refractivity contribution in [2.24, 2.45) is 0 Å². The van der Waals surface area contributed by atoms with Crippen molar-refractivity contribution in [2.45, 2.75) is 13.0 Å². The van der Waals surface area contributed by atoms with E-state index >= 15 is 0 Å². The van der Waals surface area contributed by atoms with E-state index in [4.69, 9.17) is 16.3 Å². The summed E-state index contributed by atoms with van der Waals surface area (Å²) in [6.45, 7) is 0.314. The quantitative estimate of drug-likeness (QED) is 0.920. The number of benzene rings is 2. The highest BCUT2D eigenvalue weighted by molar-refractivity contribution is 6.30. The van der Waals surface area contributed by atoms with Crippen LogP contribution < -0.4 is 10.1 Å². The van der Waals surface area contributed by atoms with Crippen LogP contribution in [-0.2, 0) is 17.8 Å². The molecule has 0 spiro atoms. The largest absolute Gasteiger partial charge is 0.497 e. The average molecular weight is 308 g/mol. The molecule has 2 aromatic carbocycles. The first-order valence-corrected chi connectivity index (χ1v) is 6.80. The second kappa shape index (κ2) is 7.09. The van der Waals surface area contributed by atoms with E-state index in [1.165, 1.54) is 12.1 Å². The Labute approximate surface area is 127 Å². The van der Waals surface area contributed by atoms with Gasteiger partial charge >= 0.3 is 0 Å². The molecule has 0 aliphatic rings. The number of amides is 1. The van der Waals surface area contributed by atoms with Gasteiger partial charge in [-0.1, -0.05) is 29.8 Å². The zero-order valence-electron chi connectivity index (χ0n) is 11.5. The van der Waals surface area contributed by atoms with Gasteiger partial charge in [0.25, 0.3) is 0 Å². The van der Waals surface area contributed by atoms with E-state index < -0.39 is 5.82 Å². The maximum atomic E-state index is 13.0. The first-order chi connectivity index (χ1) is 10.1. The van der Waals surface area contributed by atoms with Crippen LogP contribution in [0.2, 0.25) is 5.02 Å². The molecule has 0 unspecified atom stereocenters. The van der Waals surface area contributed by atoms with Crippen LogP contribution in [0.15, 0.2) is 42.5 Å². The van der Waals surface area contributed by atoms with Crippen molar-refractivity contribution in [2.75, 3.05) is 7.11 Å². The number of rotatable bonds is 5. The Balaban J connectivity index is 1.87. The van der Waals surface area contributed by atoms with Crippen LogP contribution >= 0.6 is 11.6 Å². The Bertz CT molecular complexity index is 629. The fourth-order valence-electron chi connectivity index (χ4n) is 1.84.